The molecular formula is C13H21N3. The van der Waals surface area contributed by atoms with Gasteiger partial charge in [0.2, 0.25) is 0 Å². The summed E-state index contributed by atoms with van der Waals surface area (Å²) < 4.78 is 2.12. The maximum Gasteiger partial charge on any atom is 0.173 e. The van der Waals surface area contributed by atoms with Crippen molar-refractivity contribution in [3.8, 4) is 0 Å². The number of fused-ring (bicyclic) bond motifs is 1. The Morgan fingerprint density at radius 2 is 2.19 bits per heavy atom. The average Bonchev–Trinajstić information content (AvgIpc) is 2.72. The highest BCUT2D eigenvalue weighted by Crippen LogP contribution is 2.46. The highest BCUT2D eigenvalue weighted by atomic mass is 15.4. The van der Waals surface area contributed by atoms with Gasteiger partial charge in [-0.1, -0.05) is 34.3 Å². The maximum absolute atomic E-state index is 4.59. The summed E-state index contributed by atoms with van der Waals surface area (Å²) in [5.41, 5.74) is 0.257. The van der Waals surface area contributed by atoms with Crippen molar-refractivity contribution in [3.05, 3.63) is 18.2 Å². The molecule has 0 N–H and O–H groups in total. The van der Waals surface area contributed by atoms with Gasteiger partial charge in [0.05, 0.1) is 6.04 Å². The number of rotatable bonds is 2. The van der Waals surface area contributed by atoms with Crippen LogP contribution < -0.4 is 0 Å². The van der Waals surface area contributed by atoms with Gasteiger partial charge in [-0.3, -0.25) is 0 Å². The Hall–Kier alpha value is -1.12. The zero-order chi connectivity index (χ0) is 11.9. The summed E-state index contributed by atoms with van der Waals surface area (Å²) in [5, 5.41) is 4.51. The molecule has 2 unspecified atom stereocenters. The molecule has 0 spiro atoms. The molecule has 3 heteroatoms. The third kappa shape index (κ3) is 1.68. The minimum absolute atomic E-state index is 0.257. The van der Waals surface area contributed by atoms with Gasteiger partial charge in [-0.15, -0.1) is 0 Å². The monoisotopic (exact) mass is 219 g/mol. The second kappa shape index (κ2) is 3.72. The van der Waals surface area contributed by atoms with Crippen LogP contribution >= 0.6 is 0 Å². The smallest absolute Gasteiger partial charge is 0.173 e. The molecular weight excluding hydrogens is 198 g/mol. The van der Waals surface area contributed by atoms with Gasteiger partial charge in [0, 0.05) is 5.92 Å². The van der Waals surface area contributed by atoms with E-state index in [1.54, 1.807) is 6.08 Å². The van der Waals surface area contributed by atoms with Crippen molar-refractivity contribution in [3.63, 3.8) is 0 Å². The summed E-state index contributed by atoms with van der Waals surface area (Å²) in [6, 6.07) is 0.514. The summed E-state index contributed by atoms with van der Waals surface area (Å²) in [6.07, 6.45) is 4.03. The summed E-state index contributed by atoms with van der Waals surface area (Å²) >= 11 is 0. The number of aromatic nitrogens is 3. The van der Waals surface area contributed by atoms with Crippen molar-refractivity contribution in [1.82, 2.24) is 14.8 Å². The molecule has 0 amide bonds. The molecule has 0 aromatic carbocycles. The third-order valence-corrected chi connectivity index (χ3v) is 3.54. The minimum atomic E-state index is 0.257. The van der Waals surface area contributed by atoms with E-state index in [0.717, 1.165) is 18.1 Å². The van der Waals surface area contributed by atoms with Crippen molar-refractivity contribution in [2.45, 2.75) is 52.5 Å². The van der Waals surface area contributed by atoms with Crippen LogP contribution in [0.1, 0.15) is 64.1 Å². The Balaban J connectivity index is 2.43. The van der Waals surface area contributed by atoms with Gasteiger partial charge in [-0.05, 0) is 24.3 Å². The van der Waals surface area contributed by atoms with E-state index in [-0.39, 0.29) is 5.41 Å². The molecule has 0 radical (unpaired) electrons. The zero-order valence-corrected chi connectivity index (χ0v) is 10.7. The van der Waals surface area contributed by atoms with Crippen LogP contribution in [0.25, 0.3) is 6.08 Å². The van der Waals surface area contributed by atoms with E-state index >= 15 is 0 Å². The first-order chi connectivity index (χ1) is 7.47. The Kier molecular flexibility index (Phi) is 2.64. The van der Waals surface area contributed by atoms with Crippen molar-refractivity contribution in [2.75, 3.05) is 0 Å². The SMILES string of the molecule is C=Cc1nc2n(n1)C(CC)CC2C(C)(C)C. The van der Waals surface area contributed by atoms with Crippen molar-refractivity contribution < 1.29 is 0 Å². The van der Waals surface area contributed by atoms with Crippen LogP contribution in [0.5, 0.6) is 0 Å². The lowest BCUT2D eigenvalue weighted by atomic mass is 9.78. The van der Waals surface area contributed by atoms with Gasteiger partial charge in [0.15, 0.2) is 5.82 Å². The van der Waals surface area contributed by atoms with E-state index in [0.29, 0.717) is 12.0 Å². The molecule has 0 aliphatic carbocycles. The largest absolute Gasteiger partial charge is 0.246 e. The molecule has 16 heavy (non-hydrogen) atoms. The van der Waals surface area contributed by atoms with Gasteiger partial charge in [0.25, 0.3) is 0 Å². The molecule has 1 aromatic rings. The molecule has 0 saturated carbocycles. The normalized spacial score (nSPS) is 24.5. The van der Waals surface area contributed by atoms with E-state index in [9.17, 15) is 0 Å². The highest BCUT2D eigenvalue weighted by molar-refractivity contribution is 5.36. The molecule has 88 valence electrons. The highest BCUT2D eigenvalue weighted by Gasteiger charge is 2.39. The van der Waals surface area contributed by atoms with E-state index in [1.165, 1.54) is 6.42 Å². The van der Waals surface area contributed by atoms with E-state index in [4.69, 9.17) is 0 Å². The minimum Gasteiger partial charge on any atom is -0.246 e. The number of nitrogens with zero attached hydrogens (tertiary/aromatic N) is 3. The van der Waals surface area contributed by atoms with E-state index < -0.39 is 0 Å². The van der Waals surface area contributed by atoms with Crippen LogP contribution in [-0.4, -0.2) is 14.8 Å². The molecule has 0 bridgehead atoms. The molecule has 1 aliphatic rings. The van der Waals surface area contributed by atoms with Crippen LogP contribution in [-0.2, 0) is 0 Å². The number of hydrogen-bond donors (Lipinski definition) is 0. The summed E-state index contributed by atoms with van der Waals surface area (Å²) in [5.74, 6) is 2.43. The molecule has 2 rings (SSSR count). The quantitative estimate of drug-likeness (QED) is 0.763. The second-order valence-electron chi connectivity index (χ2n) is 5.69. The predicted molar refractivity (Wildman–Crippen MR) is 66.3 cm³/mol. The summed E-state index contributed by atoms with van der Waals surface area (Å²) in [6.45, 7) is 12.8. The Bertz CT molecular complexity index is 398. The van der Waals surface area contributed by atoms with Crippen molar-refractivity contribution >= 4 is 6.08 Å². The molecule has 1 aromatic heterocycles. The lowest BCUT2D eigenvalue weighted by Crippen LogP contribution is -2.16. The summed E-state index contributed by atoms with van der Waals surface area (Å²) in [7, 11) is 0. The van der Waals surface area contributed by atoms with E-state index in [2.05, 4.69) is 49.0 Å². The lowest BCUT2D eigenvalue weighted by Gasteiger charge is -2.25. The molecule has 2 heterocycles. The fraction of sp³-hybridized carbons (Fsp3) is 0.692. The zero-order valence-electron chi connectivity index (χ0n) is 10.7. The predicted octanol–water partition coefficient (Wildman–Crippen LogP) is 3.41. The average molecular weight is 219 g/mol. The van der Waals surface area contributed by atoms with Gasteiger partial charge < -0.3 is 0 Å². The first-order valence-electron chi connectivity index (χ1n) is 6.06. The lowest BCUT2D eigenvalue weighted by molar-refractivity contribution is 0.300. The molecule has 0 fully saturated rings. The Morgan fingerprint density at radius 3 is 2.69 bits per heavy atom. The second-order valence-corrected chi connectivity index (χ2v) is 5.69. The molecule has 1 aliphatic heterocycles. The first-order valence-corrected chi connectivity index (χ1v) is 6.06. The molecule has 2 atom stereocenters. The summed E-state index contributed by atoms with van der Waals surface area (Å²) in [4.78, 5) is 4.59. The van der Waals surface area contributed by atoms with Crippen LogP contribution in [0.15, 0.2) is 6.58 Å². The molecule has 3 nitrogen and oxygen atoms in total. The fourth-order valence-electron chi connectivity index (χ4n) is 2.50. The van der Waals surface area contributed by atoms with Crippen LogP contribution in [0.4, 0.5) is 0 Å². The van der Waals surface area contributed by atoms with E-state index in [1.807, 2.05) is 0 Å². The van der Waals surface area contributed by atoms with Gasteiger partial charge in [-0.2, -0.15) is 5.10 Å². The van der Waals surface area contributed by atoms with Gasteiger partial charge in [-0.25, -0.2) is 9.67 Å². The maximum atomic E-state index is 4.59. The number of hydrogen-bond acceptors (Lipinski definition) is 2. The van der Waals surface area contributed by atoms with Crippen molar-refractivity contribution in [1.29, 1.82) is 0 Å². The van der Waals surface area contributed by atoms with Gasteiger partial charge >= 0.3 is 0 Å². The Morgan fingerprint density at radius 1 is 1.50 bits per heavy atom. The first kappa shape index (κ1) is 11.4. The standard InChI is InChI=1S/C13H21N3/c1-6-9-8-10(13(3,4)5)12-14-11(7-2)15-16(9)12/h7,9-10H,2,6,8H2,1,3-5H3. The van der Waals surface area contributed by atoms with Crippen LogP contribution in [0.2, 0.25) is 0 Å². The van der Waals surface area contributed by atoms with Crippen LogP contribution in [0.3, 0.4) is 0 Å². The topological polar surface area (TPSA) is 30.7 Å². The third-order valence-electron chi connectivity index (χ3n) is 3.54. The van der Waals surface area contributed by atoms with Crippen LogP contribution in [0, 0.1) is 5.41 Å². The fourth-order valence-corrected chi connectivity index (χ4v) is 2.50. The Labute approximate surface area is 97.6 Å². The van der Waals surface area contributed by atoms with Crippen molar-refractivity contribution in [2.24, 2.45) is 5.41 Å². The molecule has 0 saturated heterocycles. The van der Waals surface area contributed by atoms with Gasteiger partial charge in [0.1, 0.15) is 5.82 Å².